The Kier molecular flexibility index (Phi) is 3.87. The molecule has 0 heterocycles. The number of fused-ring (bicyclic) bond motifs is 1. The third kappa shape index (κ3) is 2.25. The lowest BCUT2D eigenvalue weighted by Gasteiger charge is -2.17. The van der Waals surface area contributed by atoms with Gasteiger partial charge in [-0.2, -0.15) is 0 Å². The number of hydrogen-bond donors (Lipinski definition) is 1. The minimum atomic E-state index is -0.354. The first-order valence-electron chi connectivity index (χ1n) is 5.86. The van der Waals surface area contributed by atoms with Crippen molar-refractivity contribution in [1.29, 1.82) is 0 Å². The van der Waals surface area contributed by atoms with Crippen molar-refractivity contribution < 1.29 is 9.84 Å². The van der Waals surface area contributed by atoms with Crippen molar-refractivity contribution in [3.05, 3.63) is 27.7 Å². The fourth-order valence-corrected chi connectivity index (χ4v) is 2.94. The molecule has 0 saturated heterocycles. The van der Waals surface area contributed by atoms with Crippen LogP contribution in [0.3, 0.4) is 0 Å². The molecule has 1 aromatic carbocycles. The molecule has 0 spiro atoms. The van der Waals surface area contributed by atoms with E-state index in [0.29, 0.717) is 6.61 Å². The first kappa shape index (κ1) is 11.9. The van der Waals surface area contributed by atoms with Gasteiger partial charge in [-0.3, -0.25) is 0 Å². The minimum Gasteiger partial charge on any atom is -0.494 e. The Bertz CT molecular complexity index is 376. The van der Waals surface area contributed by atoms with E-state index in [0.717, 1.165) is 41.5 Å². The summed E-state index contributed by atoms with van der Waals surface area (Å²) in [5.41, 5.74) is 2.21. The second-order valence-corrected chi connectivity index (χ2v) is 4.99. The molecule has 88 valence electrons. The molecule has 0 bridgehead atoms. The summed E-state index contributed by atoms with van der Waals surface area (Å²) >= 11 is 3.53. The van der Waals surface area contributed by atoms with E-state index >= 15 is 0 Å². The third-order valence-corrected chi connectivity index (χ3v) is 3.74. The van der Waals surface area contributed by atoms with E-state index < -0.39 is 0 Å². The van der Waals surface area contributed by atoms with Gasteiger partial charge in [0.25, 0.3) is 0 Å². The Morgan fingerprint density at radius 3 is 3.00 bits per heavy atom. The van der Waals surface area contributed by atoms with Gasteiger partial charge in [0.2, 0.25) is 0 Å². The Morgan fingerprint density at radius 1 is 1.44 bits per heavy atom. The maximum Gasteiger partial charge on any atom is 0.122 e. The number of rotatable bonds is 2. The number of ether oxygens (including phenoxy) is 1. The van der Waals surface area contributed by atoms with Crippen LogP contribution in [0.25, 0.3) is 0 Å². The lowest BCUT2D eigenvalue weighted by molar-refractivity contribution is 0.165. The normalized spacial score (nSPS) is 20.1. The summed E-state index contributed by atoms with van der Waals surface area (Å²) in [5, 5.41) is 10.1. The fourth-order valence-electron chi connectivity index (χ4n) is 2.31. The summed E-state index contributed by atoms with van der Waals surface area (Å²) in [4.78, 5) is 0. The second-order valence-electron chi connectivity index (χ2n) is 4.13. The lowest BCUT2D eigenvalue weighted by Crippen LogP contribution is -2.04. The van der Waals surface area contributed by atoms with E-state index in [9.17, 15) is 5.11 Å². The fraction of sp³-hybridized carbons (Fsp3) is 0.538. The average Bonchev–Trinajstić information content (AvgIpc) is 2.46. The maximum atomic E-state index is 10.1. The van der Waals surface area contributed by atoms with E-state index in [4.69, 9.17) is 4.74 Å². The Morgan fingerprint density at radius 2 is 2.25 bits per heavy atom. The van der Waals surface area contributed by atoms with E-state index in [2.05, 4.69) is 15.9 Å². The Hall–Kier alpha value is -0.540. The molecule has 0 radical (unpaired) electrons. The van der Waals surface area contributed by atoms with Crippen molar-refractivity contribution in [2.24, 2.45) is 0 Å². The van der Waals surface area contributed by atoms with Crippen LogP contribution < -0.4 is 4.74 Å². The number of benzene rings is 1. The molecule has 2 rings (SSSR count). The first-order chi connectivity index (χ1) is 7.74. The highest BCUT2D eigenvalue weighted by molar-refractivity contribution is 9.10. The van der Waals surface area contributed by atoms with Crippen LogP contribution in [0.15, 0.2) is 16.6 Å². The molecular formula is C13H17BrO2. The zero-order chi connectivity index (χ0) is 11.5. The van der Waals surface area contributed by atoms with Crippen molar-refractivity contribution in [3.8, 4) is 5.75 Å². The van der Waals surface area contributed by atoms with Gasteiger partial charge in [-0.05, 0) is 38.3 Å². The molecule has 1 unspecified atom stereocenters. The van der Waals surface area contributed by atoms with Crippen LogP contribution in [0, 0.1) is 0 Å². The largest absolute Gasteiger partial charge is 0.494 e. The molecule has 0 aromatic heterocycles. The number of aliphatic hydroxyl groups is 1. The number of hydrogen-bond acceptors (Lipinski definition) is 2. The van der Waals surface area contributed by atoms with Crippen LogP contribution in [0.1, 0.15) is 43.4 Å². The predicted molar refractivity (Wildman–Crippen MR) is 67.8 cm³/mol. The van der Waals surface area contributed by atoms with Crippen LogP contribution in [0.4, 0.5) is 0 Å². The molecule has 1 aromatic rings. The van der Waals surface area contributed by atoms with Crippen molar-refractivity contribution >= 4 is 15.9 Å². The zero-order valence-corrected chi connectivity index (χ0v) is 11.1. The van der Waals surface area contributed by atoms with Gasteiger partial charge in [0, 0.05) is 15.6 Å². The smallest absolute Gasteiger partial charge is 0.122 e. The van der Waals surface area contributed by atoms with Gasteiger partial charge >= 0.3 is 0 Å². The van der Waals surface area contributed by atoms with Gasteiger partial charge in [-0.15, -0.1) is 0 Å². The average molecular weight is 285 g/mol. The zero-order valence-electron chi connectivity index (χ0n) is 9.50. The summed E-state index contributed by atoms with van der Waals surface area (Å²) in [6, 6.07) is 3.96. The molecule has 0 fully saturated rings. The molecule has 1 aliphatic carbocycles. The van der Waals surface area contributed by atoms with Crippen LogP contribution >= 0.6 is 15.9 Å². The second kappa shape index (κ2) is 5.19. The van der Waals surface area contributed by atoms with Gasteiger partial charge in [-0.25, -0.2) is 0 Å². The van der Waals surface area contributed by atoms with E-state index in [1.54, 1.807) is 0 Å². The van der Waals surface area contributed by atoms with Gasteiger partial charge in [0.15, 0.2) is 0 Å². The molecule has 1 N–H and O–H groups in total. The molecule has 2 nitrogen and oxygen atoms in total. The van der Waals surface area contributed by atoms with E-state index in [1.165, 1.54) is 5.56 Å². The summed E-state index contributed by atoms with van der Waals surface area (Å²) in [6.07, 6.45) is 3.70. The van der Waals surface area contributed by atoms with Crippen molar-refractivity contribution in [2.45, 2.75) is 38.7 Å². The summed E-state index contributed by atoms with van der Waals surface area (Å²) in [6.45, 7) is 2.66. The first-order valence-corrected chi connectivity index (χ1v) is 6.65. The number of aliphatic hydroxyl groups excluding tert-OH is 1. The van der Waals surface area contributed by atoms with Gasteiger partial charge in [0.05, 0.1) is 12.7 Å². The van der Waals surface area contributed by atoms with Crippen LogP contribution in [0.2, 0.25) is 0 Å². The van der Waals surface area contributed by atoms with Crippen molar-refractivity contribution in [1.82, 2.24) is 0 Å². The molecule has 0 aliphatic heterocycles. The van der Waals surface area contributed by atoms with Crippen molar-refractivity contribution in [2.75, 3.05) is 6.61 Å². The highest BCUT2D eigenvalue weighted by atomic mass is 79.9. The summed E-state index contributed by atoms with van der Waals surface area (Å²) in [5.74, 6) is 0.932. The maximum absolute atomic E-state index is 10.1. The van der Waals surface area contributed by atoms with Crippen molar-refractivity contribution in [3.63, 3.8) is 0 Å². The molecule has 16 heavy (non-hydrogen) atoms. The molecule has 1 aliphatic rings. The molecule has 3 heteroatoms. The Labute approximate surface area is 105 Å². The minimum absolute atomic E-state index is 0.354. The summed E-state index contributed by atoms with van der Waals surface area (Å²) in [7, 11) is 0. The van der Waals surface area contributed by atoms with E-state index in [1.807, 2.05) is 19.1 Å². The van der Waals surface area contributed by atoms with E-state index in [-0.39, 0.29) is 6.10 Å². The standard InChI is InChI=1S/C13H17BrO2/c1-2-16-12-8-7-10(14)13-9(12)5-3-4-6-11(13)15/h7-8,11,15H,2-6H2,1H3. The molecular weight excluding hydrogens is 268 g/mol. The van der Waals surface area contributed by atoms with Gasteiger partial charge in [-0.1, -0.05) is 22.4 Å². The van der Waals surface area contributed by atoms with Gasteiger partial charge < -0.3 is 9.84 Å². The molecule has 0 saturated carbocycles. The highest BCUT2D eigenvalue weighted by Crippen LogP contribution is 2.38. The third-order valence-electron chi connectivity index (χ3n) is 3.05. The SMILES string of the molecule is CCOc1ccc(Br)c2c1CCCCC2O. The molecule has 1 atom stereocenters. The topological polar surface area (TPSA) is 29.5 Å². The van der Waals surface area contributed by atoms with Crippen LogP contribution in [-0.4, -0.2) is 11.7 Å². The highest BCUT2D eigenvalue weighted by Gasteiger charge is 2.22. The van der Waals surface area contributed by atoms with Crippen LogP contribution in [-0.2, 0) is 6.42 Å². The quantitative estimate of drug-likeness (QED) is 0.841. The monoisotopic (exact) mass is 284 g/mol. The molecule has 0 amide bonds. The lowest BCUT2D eigenvalue weighted by atomic mass is 10.00. The predicted octanol–water partition coefficient (Wildman–Crippen LogP) is 3.61. The van der Waals surface area contributed by atoms with Crippen LogP contribution in [0.5, 0.6) is 5.75 Å². The number of halogens is 1. The Balaban J connectivity index is 2.48. The summed E-state index contributed by atoms with van der Waals surface area (Å²) < 4.78 is 6.63. The van der Waals surface area contributed by atoms with Gasteiger partial charge in [0.1, 0.15) is 5.75 Å².